The fourth-order valence-electron chi connectivity index (χ4n) is 2.18. The highest BCUT2D eigenvalue weighted by molar-refractivity contribution is 9.10. The Bertz CT molecular complexity index is 423. The van der Waals surface area contributed by atoms with E-state index in [-0.39, 0.29) is 12.1 Å². The molecular weight excluding hydrogens is 314 g/mol. The molecule has 1 aromatic heterocycles. The predicted octanol–water partition coefficient (Wildman–Crippen LogP) is 2.53. The lowest BCUT2D eigenvalue weighted by Crippen LogP contribution is -2.31. The minimum atomic E-state index is 0.139. The van der Waals surface area contributed by atoms with Crippen molar-refractivity contribution in [2.24, 2.45) is 0 Å². The topological polar surface area (TPSA) is 35.6 Å². The number of halogens is 1. The second-order valence-corrected chi connectivity index (χ2v) is 6.34. The summed E-state index contributed by atoms with van der Waals surface area (Å²) in [5.41, 5.74) is 0. The van der Waals surface area contributed by atoms with Crippen LogP contribution >= 0.6 is 27.3 Å². The van der Waals surface area contributed by atoms with E-state index in [1.54, 1.807) is 11.3 Å². The van der Waals surface area contributed by atoms with E-state index in [2.05, 4.69) is 32.7 Å². The highest BCUT2D eigenvalue weighted by Crippen LogP contribution is 2.33. The predicted molar refractivity (Wildman–Crippen MR) is 78.0 cm³/mol. The summed E-state index contributed by atoms with van der Waals surface area (Å²) in [6.45, 7) is 2.57. The summed E-state index contributed by atoms with van der Waals surface area (Å²) in [6, 6.07) is 2.44. The van der Waals surface area contributed by atoms with Crippen LogP contribution < -0.4 is 5.32 Å². The van der Waals surface area contributed by atoms with Crippen LogP contribution in [0.5, 0.6) is 0 Å². The number of urea groups is 1. The van der Waals surface area contributed by atoms with Gasteiger partial charge in [0, 0.05) is 34.9 Å². The normalized spacial score (nSPS) is 19.9. The van der Waals surface area contributed by atoms with Crippen molar-refractivity contribution >= 4 is 33.3 Å². The second kappa shape index (κ2) is 6.04. The smallest absolute Gasteiger partial charge is 0.320 e. The van der Waals surface area contributed by atoms with E-state index in [0.717, 1.165) is 30.5 Å². The second-order valence-electron chi connectivity index (χ2n) is 4.48. The molecule has 2 rings (SSSR count). The summed E-state index contributed by atoms with van der Waals surface area (Å²) in [6.07, 6.45) is 0.997. The first kappa shape index (κ1) is 13.8. The van der Waals surface area contributed by atoms with Gasteiger partial charge in [0.15, 0.2) is 0 Å². The third-order valence-corrected chi connectivity index (χ3v) is 5.00. The first-order chi connectivity index (χ1) is 8.63. The van der Waals surface area contributed by atoms with Crippen LogP contribution in [0.1, 0.15) is 17.3 Å². The van der Waals surface area contributed by atoms with Crippen LogP contribution in [0.2, 0.25) is 0 Å². The van der Waals surface area contributed by atoms with Gasteiger partial charge in [-0.2, -0.15) is 0 Å². The van der Waals surface area contributed by atoms with Gasteiger partial charge in [-0.15, -0.1) is 11.3 Å². The SMILES string of the molecule is CNCCCN1CC(c2cc(Br)cs2)N(C)C1=O. The lowest BCUT2D eigenvalue weighted by Gasteiger charge is -2.16. The maximum atomic E-state index is 12.1. The van der Waals surface area contributed by atoms with Crippen LogP contribution in [-0.4, -0.2) is 49.6 Å². The molecule has 1 atom stereocenters. The average molecular weight is 332 g/mol. The molecule has 1 unspecified atom stereocenters. The van der Waals surface area contributed by atoms with Crippen molar-refractivity contribution < 1.29 is 4.79 Å². The van der Waals surface area contributed by atoms with Crippen molar-refractivity contribution in [2.75, 3.05) is 33.7 Å². The average Bonchev–Trinajstić information content (AvgIpc) is 2.88. The van der Waals surface area contributed by atoms with Gasteiger partial charge >= 0.3 is 6.03 Å². The van der Waals surface area contributed by atoms with Crippen LogP contribution in [0.4, 0.5) is 4.79 Å². The number of nitrogens with one attached hydrogen (secondary N) is 1. The van der Waals surface area contributed by atoms with Crippen molar-refractivity contribution in [3.05, 3.63) is 20.8 Å². The van der Waals surface area contributed by atoms with Gasteiger partial charge in [0.2, 0.25) is 0 Å². The van der Waals surface area contributed by atoms with Crippen molar-refractivity contribution in [1.82, 2.24) is 15.1 Å². The first-order valence-corrected chi connectivity index (χ1v) is 7.71. The molecular formula is C12H18BrN3OS. The number of carbonyl (C=O) groups excluding carboxylic acids is 1. The number of rotatable bonds is 5. The van der Waals surface area contributed by atoms with Crippen LogP contribution in [0, 0.1) is 0 Å². The fourth-order valence-corrected chi connectivity index (χ4v) is 3.76. The van der Waals surface area contributed by atoms with E-state index in [1.165, 1.54) is 4.88 Å². The molecule has 0 spiro atoms. The first-order valence-electron chi connectivity index (χ1n) is 6.03. The van der Waals surface area contributed by atoms with E-state index in [9.17, 15) is 4.79 Å². The van der Waals surface area contributed by atoms with E-state index < -0.39 is 0 Å². The summed E-state index contributed by atoms with van der Waals surface area (Å²) in [7, 11) is 3.82. The molecule has 0 radical (unpaired) electrons. The van der Waals surface area contributed by atoms with Gasteiger partial charge in [0.1, 0.15) is 0 Å². The molecule has 0 saturated carbocycles. The Hall–Kier alpha value is -0.590. The Kier molecular flexibility index (Phi) is 4.64. The molecule has 4 nitrogen and oxygen atoms in total. The van der Waals surface area contributed by atoms with Crippen LogP contribution in [0.15, 0.2) is 15.9 Å². The number of amides is 2. The number of thiophene rings is 1. The highest BCUT2D eigenvalue weighted by atomic mass is 79.9. The zero-order chi connectivity index (χ0) is 13.1. The molecule has 0 aromatic carbocycles. The maximum Gasteiger partial charge on any atom is 0.320 e. The molecule has 2 amide bonds. The maximum absolute atomic E-state index is 12.1. The third kappa shape index (κ3) is 2.87. The van der Waals surface area contributed by atoms with Crippen molar-refractivity contribution in [1.29, 1.82) is 0 Å². The fraction of sp³-hybridized carbons (Fsp3) is 0.583. The van der Waals surface area contributed by atoms with Crippen LogP contribution in [-0.2, 0) is 0 Å². The molecule has 1 N–H and O–H groups in total. The third-order valence-electron chi connectivity index (χ3n) is 3.20. The number of nitrogens with zero attached hydrogens (tertiary/aromatic N) is 2. The number of likely N-dealkylation sites (N-methyl/N-ethyl adjacent to an activating group) is 1. The zero-order valence-electron chi connectivity index (χ0n) is 10.6. The molecule has 1 aliphatic heterocycles. The lowest BCUT2D eigenvalue weighted by atomic mass is 10.2. The van der Waals surface area contributed by atoms with Crippen molar-refractivity contribution in [3.8, 4) is 0 Å². The minimum absolute atomic E-state index is 0.139. The molecule has 1 aliphatic rings. The molecule has 100 valence electrons. The molecule has 1 fully saturated rings. The lowest BCUT2D eigenvalue weighted by molar-refractivity contribution is 0.195. The number of hydrogen-bond acceptors (Lipinski definition) is 3. The largest absolute Gasteiger partial charge is 0.322 e. The van der Waals surface area contributed by atoms with E-state index in [4.69, 9.17) is 0 Å². The molecule has 2 heterocycles. The van der Waals surface area contributed by atoms with Gasteiger partial charge in [-0.25, -0.2) is 4.79 Å². The van der Waals surface area contributed by atoms with Gasteiger partial charge in [-0.05, 0) is 42.0 Å². The van der Waals surface area contributed by atoms with E-state index in [0.29, 0.717) is 0 Å². The van der Waals surface area contributed by atoms with E-state index in [1.807, 2.05) is 23.9 Å². The van der Waals surface area contributed by atoms with Crippen LogP contribution in [0.25, 0.3) is 0 Å². The summed E-state index contributed by atoms with van der Waals surface area (Å²) in [5, 5.41) is 5.17. The zero-order valence-corrected chi connectivity index (χ0v) is 13.1. The monoisotopic (exact) mass is 331 g/mol. The van der Waals surface area contributed by atoms with Crippen molar-refractivity contribution in [2.45, 2.75) is 12.5 Å². The molecule has 1 aromatic rings. The standard InChI is InChI=1S/C12H18BrN3OS/c1-14-4-3-5-16-7-10(15(2)12(16)17)11-6-9(13)8-18-11/h6,8,10,14H,3-5,7H2,1-2H3. The Balaban J connectivity index is 2.00. The quantitative estimate of drug-likeness (QED) is 0.841. The summed E-state index contributed by atoms with van der Waals surface area (Å²) in [4.78, 5) is 17.1. The number of hydrogen-bond donors (Lipinski definition) is 1. The van der Waals surface area contributed by atoms with Gasteiger partial charge in [0.05, 0.1) is 6.04 Å². The van der Waals surface area contributed by atoms with Gasteiger partial charge < -0.3 is 15.1 Å². The van der Waals surface area contributed by atoms with Gasteiger partial charge in [-0.1, -0.05) is 0 Å². The van der Waals surface area contributed by atoms with Gasteiger partial charge in [-0.3, -0.25) is 0 Å². The molecule has 0 aliphatic carbocycles. The Labute approximate surface area is 120 Å². The Morgan fingerprint density at radius 2 is 2.39 bits per heavy atom. The molecule has 6 heteroatoms. The molecule has 18 heavy (non-hydrogen) atoms. The molecule has 1 saturated heterocycles. The van der Waals surface area contributed by atoms with Crippen molar-refractivity contribution in [3.63, 3.8) is 0 Å². The molecule has 0 bridgehead atoms. The highest BCUT2D eigenvalue weighted by Gasteiger charge is 2.35. The minimum Gasteiger partial charge on any atom is -0.322 e. The summed E-state index contributed by atoms with van der Waals surface area (Å²) >= 11 is 5.17. The summed E-state index contributed by atoms with van der Waals surface area (Å²) < 4.78 is 1.09. The Morgan fingerprint density at radius 3 is 3.00 bits per heavy atom. The summed E-state index contributed by atoms with van der Waals surface area (Å²) in [5.74, 6) is 0. The number of carbonyl (C=O) groups is 1. The Morgan fingerprint density at radius 1 is 1.61 bits per heavy atom. The van der Waals surface area contributed by atoms with E-state index >= 15 is 0 Å². The van der Waals surface area contributed by atoms with Crippen LogP contribution in [0.3, 0.4) is 0 Å². The van der Waals surface area contributed by atoms with Gasteiger partial charge in [0.25, 0.3) is 0 Å².